The van der Waals surface area contributed by atoms with Crippen LogP contribution in [0.15, 0.2) is 59.7 Å². The van der Waals surface area contributed by atoms with Crippen molar-refractivity contribution in [1.82, 2.24) is 4.90 Å². The molecule has 6 nitrogen and oxygen atoms in total. The van der Waals surface area contributed by atoms with Crippen LogP contribution in [0.5, 0.6) is 11.5 Å². The zero-order chi connectivity index (χ0) is 21.5. The maximum Gasteiger partial charge on any atom is 0.410 e. The molecule has 0 spiro atoms. The van der Waals surface area contributed by atoms with E-state index in [0.29, 0.717) is 22.6 Å². The normalized spacial score (nSPS) is 16.6. The second kappa shape index (κ2) is 9.78. The number of hydrogen-bond donors (Lipinski definition) is 0. The van der Waals surface area contributed by atoms with Crippen LogP contribution in [-0.2, 0) is 9.53 Å². The van der Waals surface area contributed by atoms with Crippen LogP contribution in [0.3, 0.4) is 0 Å². The molecule has 3 rings (SSSR count). The van der Waals surface area contributed by atoms with Crippen LogP contribution < -0.4 is 9.47 Å². The van der Waals surface area contributed by atoms with Crippen molar-refractivity contribution in [2.45, 2.75) is 6.92 Å². The fourth-order valence-electron chi connectivity index (χ4n) is 3.25. The highest BCUT2D eigenvalue weighted by molar-refractivity contribution is 6.15. The average Bonchev–Trinajstić information content (AvgIpc) is 2.76. The summed E-state index contributed by atoms with van der Waals surface area (Å²) in [5, 5.41) is 0. The van der Waals surface area contributed by atoms with Crippen molar-refractivity contribution in [3.63, 3.8) is 0 Å². The number of likely N-dealkylation sites (tertiary alicyclic amines) is 1. The summed E-state index contributed by atoms with van der Waals surface area (Å²) in [7, 11) is 3.19. The summed E-state index contributed by atoms with van der Waals surface area (Å²) in [6, 6.07) is 14.8. The number of ether oxygens (including phenoxy) is 3. The molecule has 6 heteroatoms. The van der Waals surface area contributed by atoms with E-state index in [1.54, 1.807) is 33.3 Å². The number of hydrogen-bond acceptors (Lipinski definition) is 5. The molecule has 0 unspecified atom stereocenters. The maximum absolute atomic E-state index is 13.2. The SMILES string of the molecule is CCOC(=O)N1C/C(=C\c2cccc(OC)c2)C(=O)/C(=C/c2cccc(OC)c2)C1. The predicted molar refractivity (Wildman–Crippen MR) is 116 cm³/mol. The minimum atomic E-state index is -0.446. The Morgan fingerprint density at radius 1 is 0.933 bits per heavy atom. The summed E-state index contributed by atoms with van der Waals surface area (Å²) in [5.74, 6) is 1.30. The second-order valence-corrected chi connectivity index (χ2v) is 6.78. The van der Waals surface area contributed by atoms with E-state index >= 15 is 0 Å². The van der Waals surface area contributed by atoms with Crippen molar-refractivity contribution in [1.29, 1.82) is 0 Å². The molecular formula is C24H25NO5. The van der Waals surface area contributed by atoms with Crippen molar-refractivity contribution in [2.24, 2.45) is 0 Å². The number of rotatable bonds is 5. The summed E-state index contributed by atoms with van der Waals surface area (Å²) >= 11 is 0. The zero-order valence-electron chi connectivity index (χ0n) is 17.4. The molecule has 1 saturated heterocycles. The van der Waals surface area contributed by atoms with Crippen molar-refractivity contribution in [2.75, 3.05) is 33.9 Å². The number of carbonyl (C=O) groups excluding carboxylic acids is 2. The van der Waals surface area contributed by atoms with E-state index in [-0.39, 0.29) is 25.5 Å². The summed E-state index contributed by atoms with van der Waals surface area (Å²) in [6.07, 6.45) is 3.13. The molecular weight excluding hydrogens is 382 g/mol. The Bertz CT molecular complexity index is 923. The lowest BCUT2D eigenvalue weighted by Gasteiger charge is -2.29. The number of amides is 1. The highest BCUT2D eigenvalue weighted by Crippen LogP contribution is 2.25. The molecule has 156 valence electrons. The van der Waals surface area contributed by atoms with Gasteiger partial charge in [-0.05, 0) is 54.5 Å². The fourth-order valence-corrected chi connectivity index (χ4v) is 3.25. The van der Waals surface area contributed by atoms with Gasteiger partial charge >= 0.3 is 6.09 Å². The van der Waals surface area contributed by atoms with Gasteiger partial charge in [0.15, 0.2) is 5.78 Å². The van der Waals surface area contributed by atoms with E-state index in [1.165, 1.54) is 4.90 Å². The lowest BCUT2D eigenvalue weighted by atomic mass is 9.94. The van der Waals surface area contributed by atoms with Crippen molar-refractivity contribution in [3.05, 3.63) is 70.8 Å². The Kier molecular flexibility index (Phi) is 6.91. The average molecular weight is 407 g/mol. The molecule has 1 aliphatic heterocycles. The standard InChI is InChI=1S/C24H25NO5/c1-4-30-24(27)25-15-19(11-17-7-5-9-21(13-17)28-2)23(26)20(16-25)12-18-8-6-10-22(14-18)29-3/h5-14H,4,15-16H2,1-3H3/b19-11+,20-12+. The molecule has 1 amide bonds. The number of nitrogens with zero attached hydrogens (tertiary/aromatic N) is 1. The van der Waals surface area contributed by atoms with Crippen LogP contribution in [0, 0.1) is 0 Å². The van der Waals surface area contributed by atoms with Gasteiger partial charge in [-0.2, -0.15) is 0 Å². The molecule has 0 N–H and O–H groups in total. The van der Waals surface area contributed by atoms with Crippen LogP contribution >= 0.6 is 0 Å². The molecule has 2 aromatic carbocycles. The van der Waals surface area contributed by atoms with Crippen molar-refractivity contribution in [3.8, 4) is 11.5 Å². The first-order valence-electron chi connectivity index (χ1n) is 9.69. The third kappa shape index (κ3) is 5.08. The maximum atomic E-state index is 13.2. The first-order valence-corrected chi connectivity index (χ1v) is 9.69. The summed E-state index contributed by atoms with van der Waals surface area (Å²) in [4.78, 5) is 27.1. The number of piperidine rings is 1. The lowest BCUT2D eigenvalue weighted by molar-refractivity contribution is -0.113. The van der Waals surface area contributed by atoms with Crippen LogP contribution in [0.2, 0.25) is 0 Å². The molecule has 1 heterocycles. The van der Waals surface area contributed by atoms with Gasteiger partial charge in [-0.15, -0.1) is 0 Å². The summed E-state index contributed by atoms with van der Waals surface area (Å²) < 4.78 is 15.7. The number of benzene rings is 2. The molecule has 1 aliphatic rings. The Balaban J connectivity index is 1.99. The molecule has 2 aromatic rings. The van der Waals surface area contributed by atoms with E-state index in [1.807, 2.05) is 48.5 Å². The zero-order valence-corrected chi connectivity index (χ0v) is 17.4. The first-order chi connectivity index (χ1) is 14.5. The lowest BCUT2D eigenvalue weighted by Crippen LogP contribution is -2.41. The quantitative estimate of drug-likeness (QED) is 0.695. The van der Waals surface area contributed by atoms with Crippen molar-refractivity contribution < 1.29 is 23.8 Å². The third-order valence-corrected chi connectivity index (χ3v) is 4.70. The van der Waals surface area contributed by atoms with Gasteiger partial charge in [0.2, 0.25) is 0 Å². The fraction of sp³-hybridized carbons (Fsp3) is 0.250. The Hall–Kier alpha value is -3.54. The van der Waals surface area contributed by atoms with E-state index in [4.69, 9.17) is 14.2 Å². The highest BCUT2D eigenvalue weighted by atomic mass is 16.6. The minimum Gasteiger partial charge on any atom is -0.497 e. The van der Waals surface area contributed by atoms with Crippen LogP contribution in [0.25, 0.3) is 12.2 Å². The number of Topliss-reactive ketones (excluding diaryl/α,β-unsaturated/α-hetero) is 1. The Morgan fingerprint density at radius 3 is 1.87 bits per heavy atom. The highest BCUT2D eigenvalue weighted by Gasteiger charge is 2.29. The van der Waals surface area contributed by atoms with Crippen LogP contribution in [0.1, 0.15) is 18.1 Å². The minimum absolute atomic E-state index is 0.0961. The number of ketones is 1. The Morgan fingerprint density at radius 2 is 1.43 bits per heavy atom. The molecule has 0 atom stereocenters. The van der Waals surface area contributed by atoms with Gasteiger partial charge < -0.3 is 14.2 Å². The predicted octanol–water partition coefficient (Wildman–Crippen LogP) is 4.21. The topological polar surface area (TPSA) is 65.1 Å². The van der Waals surface area contributed by atoms with Crippen LogP contribution in [0.4, 0.5) is 4.79 Å². The monoisotopic (exact) mass is 407 g/mol. The molecule has 0 saturated carbocycles. The van der Waals surface area contributed by atoms with Crippen molar-refractivity contribution >= 4 is 24.0 Å². The largest absolute Gasteiger partial charge is 0.497 e. The molecule has 0 radical (unpaired) electrons. The molecule has 1 fully saturated rings. The second-order valence-electron chi connectivity index (χ2n) is 6.78. The van der Waals surface area contributed by atoms with E-state index in [2.05, 4.69) is 0 Å². The van der Waals surface area contributed by atoms with Gasteiger partial charge in [0.05, 0.1) is 33.9 Å². The van der Waals surface area contributed by atoms with Gasteiger partial charge in [0.25, 0.3) is 0 Å². The smallest absolute Gasteiger partial charge is 0.410 e. The van der Waals surface area contributed by atoms with E-state index < -0.39 is 6.09 Å². The number of carbonyl (C=O) groups is 2. The number of methoxy groups -OCH3 is 2. The van der Waals surface area contributed by atoms with Gasteiger partial charge in [-0.3, -0.25) is 9.69 Å². The Labute approximate surface area is 176 Å². The van der Waals surface area contributed by atoms with E-state index in [9.17, 15) is 9.59 Å². The molecule has 0 aliphatic carbocycles. The van der Waals surface area contributed by atoms with Gasteiger partial charge in [0, 0.05) is 11.1 Å². The van der Waals surface area contributed by atoms with Gasteiger partial charge in [0.1, 0.15) is 11.5 Å². The van der Waals surface area contributed by atoms with Gasteiger partial charge in [-0.25, -0.2) is 4.79 Å². The molecule has 0 bridgehead atoms. The summed E-state index contributed by atoms with van der Waals surface area (Å²) in [6.45, 7) is 2.40. The summed E-state index contributed by atoms with van der Waals surface area (Å²) in [5.41, 5.74) is 2.67. The molecule has 30 heavy (non-hydrogen) atoms. The molecule has 0 aromatic heterocycles. The van der Waals surface area contributed by atoms with Gasteiger partial charge in [-0.1, -0.05) is 24.3 Å². The van der Waals surface area contributed by atoms with Crippen LogP contribution in [-0.4, -0.2) is 50.7 Å². The van der Waals surface area contributed by atoms with E-state index in [0.717, 1.165) is 11.1 Å². The first kappa shape index (κ1) is 21.2. The third-order valence-electron chi connectivity index (χ3n) is 4.70.